The van der Waals surface area contributed by atoms with E-state index in [-0.39, 0.29) is 35.6 Å². The topological polar surface area (TPSA) is 93.0 Å². The van der Waals surface area contributed by atoms with Gasteiger partial charge in [0.1, 0.15) is 11.4 Å². The van der Waals surface area contributed by atoms with E-state index in [1.807, 2.05) is 68.5 Å². The van der Waals surface area contributed by atoms with Crippen LogP contribution in [0.25, 0.3) is 12.2 Å². The minimum Gasteiger partial charge on any atom is -0.497 e. The van der Waals surface area contributed by atoms with Crippen molar-refractivity contribution in [1.29, 1.82) is 0 Å². The average Bonchev–Trinajstić information content (AvgIpc) is 3.30. The maximum absolute atomic E-state index is 13.6. The zero-order valence-corrected chi connectivity index (χ0v) is 22.5. The molecule has 2 aromatic carbocycles. The number of anilines is 1. The largest absolute Gasteiger partial charge is 0.497 e. The van der Waals surface area contributed by atoms with Gasteiger partial charge in [-0.2, -0.15) is 4.31 Å². The minimum absolute atomic E-state index is 0.00703. The summed E-state index contributed by atoms with van der Waals surface area (Å²) in [4.78, 5) is 15.1. The van der Waals surface area contributed by atoms with Crippen LogP contribution in [-0.2, 0) is 14.8 Å². The lowest BCUT2D eigenvalue weighted by Gasteiger charge is -2.33. The van der Waals surface area contributed by atoms with Crippen LogP contribution in [0.4, 0.5) is 5.69 Å². The number of piperidine rings is 1. The van der Waals surface area contributed by atoms with Gasteiger partial charge >= 0.3 is 0 Å². The number of rotatable bonds is 8. The molecule has 9 heteroatoms. The third kappa shape index (κ3) is 5.78. The number of carbonyl (C=O) groups is 1. The molecule has 0 bridgehead atoms. The Balaban J connectivity index is 1.46. The van der Waals surface area contributed by atoms with Crippen molar-refractivity contribution in [3.63, 3.8) is 0 Å². The van der Waals surface area contributed by atoms with Gasteiger partial charge in [-0.1, -0.05) is 41.1 Å². The molecule has 3 aromatic rings. The molecule has 196 valence electrons. The van der Waals surface area contributed by atoms with E-state index in [1.54, 1.807) is 25.0 Å². The lowest BCUT2D eigenvalue weighted by molar-refractivity contribution is -0.123. The predicted octanol–water partition coefficient (Wildman–Crippen LogP) is 4.92. The highest BCUT2D eigenvalue weighted by molar-refractivity contribution is 7.89. The molecule has 0 unspecified atom stereocenters. The molecule has 0 radical (unpaired) electrons. The van der Waals surface area contributed by atoms with E-state index < -0.39 is 10.0 Å². The van der Waals surface area contributed by atoms with Crippen LogP contribution in [0, 0.1) is 19.8 Å². The number of sulfonamides is 1. The highest BCUT2D eigenvalue weighted by atomic mass is 32.2. The molecule has 0 saturated carbocycles. The van der Waals surface area contributed by atoms with Gasteiger partial charge in [0.05, 0.1) is 7.11 Å². The van der Waals surface area contributed by atoms with Crippen LogP contribution in [0.2, 0.25) is 0 Å². The van der Waals surface area contributed by atoms with Crippen molar-refractivity contribution >= 4 is 33.8 Å². The van der Waals surface area contributed by atoms with E-state index in [2.05, 4.69) is 5.16 Å². The first-order chi connectivity index (χ1) is 17.7. The number of benzene rings is 2. The van der Waals surface area contributed by atoms with Crippen LogP contribution < -0.4 is 9.64 Å². The molecule has 2 heterocycles. The number of aromatic nitrogens is 1. The monoisotopic (exact) mass is 523 g/mol. The molecule has 1 amide bonds. The van der Waals surface area contributed by atoms with Crippen molar-refractivity contribution in [2.75, 3.05) is 31.6 Å². The van der Waals surface area contributed by atoms with E-state index in [0.29, 0.717) is 25.1 Å². The van der Waals surface area contributed by atoms with E-state index in [4.69, 9.17) is 9.26 Å². The van der Waals surface area contributed by atoms with Crippen LogP contribution in [0.5, 0.6) is 5.75 Å². The van der Waals surface area contributed by atoms with Crippen molar-refractivity contribution in [1.82, 2.24) is 9.46 Å². The quantitative estimate of drug-likeness (QED) is 0.416. The van der Waals surface area contributed by atoms with Crippen molar-refractivity contribution in [2.24, 2.45) is 5.92 Å². The second-order valence-corrected chi connectivity index (χ2v) is 11.0. The number of aryl methyl sites for hydroxylation is 2. The number of amides is 1. The molecule has 8 nitrogen and oxygen atoms in total. The third-order valence-electron chi connectivity index (χ3n) is 6.71. The molecule has 1 fully saturated rings. The fourth-order valence-corrected chi connectivity index (χ4v) is 6.29. The molecule has 1 saturated heterocycles. The Hall–Kier alpha value is -3.43. The first-order valence-electron chi connectivity index (χ1n) is 12.4. The van der Waals surface area contributed by atoms with Crippen LogP contribution in [0.15, 0.2) is 57.9 Å². The van der Waals surface area contributed by atoms with Gasteiger partial charge in [-0.3, -0.25) is 4.79 Å². The van der Waals surface area contributed by atoms with E-state index in [0.717, 1.165) is 22.6 Å². The standard InChI is InChI=1S/C28H33N3O5S/c1-5-31(24-11-13-25(35-4)14-12-24)28(32)23-16-18-30(19-17-23)37(33,34)27-21(3)29-36-26(27)15-10-22-8-6-20(2)7-9-22/h6-15,23H,5,16-19H2,1-4H3/b15-10+. The van der Waals surface area contributed by atoms with E-state index >= 15 is 0 Å². The molecule has 0 N–H and O–H groups in total. The molecule has 0 spiro atoms. The maximum Gasteiger partial charge on any atom is 0.248 e. The fraction of sp³-hybridized carbons (Fsp3) is 0.357. The summed E-state index contributed by atoms with van der Waals surface area (Å²) >= 11 is 0. The van der Waals surface area contributed by atoms with E-state index in [1.165, 1.54) is 4.31 Å². The summed E-state index contributed by atoms with van der Waals surface area (Å²) in [5.74, 6) is 0.682. The number of methoxy groups -OCH3 is 1. The Bertz CT molecular complexity index is 1350. The first kappa shape index (κ1) is 26.6. The molecular weight excluding hydrogens is 490 g/mol. The summed E-state index contributed by atoms with van der Waals surface area (Å²) in [5.41, 5.74) is 3.19. The zero-order chi connectivity index (χ0) is 26.6. The maximum atomic E-state index is 13.6. The Labute approximate surface area is 218 Å². The van der Waals surface area contributed by atoms with E-state index in [9.17, 15) is 13.2 Å². The summed E-state index contributed by atoms with van der Waals surface area (Å²) in [6, 6.07) is 15.3. The van der Waals surface area contributed by atoms with Crippen LogP contribution in [-0.4, -0.2) is 50.5 Å². The van der Waals surface area contributed by atoms with Crippen molar-refractivity contribution < 1.29 is 22.5 Å². The van der Waals surface area contributed by atoms with Crippen LogP contribution >= 0.6 is 0 Å². The van der Waals surface area contributed by atoms with Gasteiger partial charge in [-0.15, -0.1) is 0 Å². The second kappa shape index (κ2) is 11.3. The Morgan fingerprint density at radius 2 is 1.73 bits per heavy atom. The molecule has 1 aliphatic heterocycles. The van der Waals surface area contributed by atoms with Crippen LogP contribution in [0.1, 0.15) is 42.3 Å². The Morgan fingerprint density at radius 3 is 2.32 bits per heavy atom. The Kier molecular flexibility index (Phi) is 8.14. The summed E-state index contributed by atoms with van der Waals surface area (Å²) < 4.78 is 39.2. The molecule has 1 aromatic heterocycles. The summed E-state index contributed by atoms with van der Waals surface area (Å²) in [6.45, 7) is 6.61. The SMILES string of the molecule is CCN(C(=O)C1CCN(S(=O)(=O)c2c(C)noc2/C=C/c2ccc(C)cc2)CC1)c1ccc(OC)cc1. The highest BCUT2D eigenvalue weighted by Crippen LogP contribution is 2.31. The fourth-order valence-electron chi connectivity index (χ4n) is 4.57. The average molecular weight is 524 g/mol. The number of hydrogen-bond acceptors (Lipinski definition) is 6. The third-order valence-corrected chi connectivity index (χ3v) is 8.76. The molecule has 0 atom stereocenters. The number of carbonyl (C=O) groups excluding carboxylic acids is 1. The molecular formula is C28H33N3O5S. The summed E-state index contributed by atoms with van der Waals surface area (Å²) in [6.07, 6.45) is 4.34. The lowest BCUT2D eigenvalue weighted by atomic mass is 9.96. The van der Waals surface area contributed by atoms with Gasteiger partial charge in [0.15, 0.2) is 10.7 Å². The highest BCUT2D eigenvalue weighted by Gasteiger charge is 2.37. The second-order valence-electron chi connectivity index (χ2n) is 9.16. The van der Waals surface area contributed by atoms with Crippen molar-refractivity contribution in [3.8, 4) is 5.75 Å². The minimum atomic E-state index is -3.84. The van der Waals surface area contributed by atoms with Crippen LogP contribution in [0.3, 0.4) is 0 Å². The summed E-state index contributed by atoms with van der Waals surface area (Å²) in [5, 5.41) is 3.93. The summed E-state index contributed by atoms with van der Waals surface area (Å²) in [7, 11) is -2.24. The smallest absolute Gasteiger partial charge is 0.248 e. The van der Waals surface area contributed by atoms with Gasteiger partial charge in [0.2, 0.25) is 15.9 Å². The van der Waals surface area contributed by atoms with Crippen molar-refractivity contribution in [3.05, 3.63) is 71.1 Å². The van der Waals surface area contributed by atoms with Gasteiger partial charge < -0.3 is 14.2 Å². The molecule has 4 rings (SSSR count). The molecule has 37 heavy (non-hydrogen) atoms. The van der Waals surface area contributed by atoms with Gasteiger partial charge in [-0.25, -0.2) is 8.42 Å². The molecule has 1 aliphatic rings. The normalized spacial score (nSPS) is 15.2. The number of hydrogen-bond donors (Lipinski definition) is 0. The van der Waals surface area contributed by atoms with Gasteiger partial charge in [0, 0.05) is 31.2 Å². The zero-order valence-electron chi connectivity index (χ0n) is 21.7. The Morgan fingerprint density at radius 1 is 1.08 bits per heavy atom. The predicted molar refractivity (Wildman–Crippen MR) is 144 cm³/mol. The first-order valence-corrected chi connectivity index (χ1v) is 13.8. The molecule has 0 aliphatic carbocycles. The number of nitrogens with zero attached hydrogens (tertiary/aromatic N) is 3. The van der Waals surface area contributed by atoms with Gasteiger partial charge in [0.25, 0.3) is 0 Å². The lowest BCUT2D eigenvalue weighted by Crippen LogP contribution is -2.44. The van der Waals surface area contributed by atoms with Crippen molar-refractivity contribution in [2.45, 2.75) is 38.5 Å². The number of ether oxygens (including phenoxy) is 1. The van der Waals surface area contributed by atoms with Gasteiger partial charge in [-0.05, 0) is 69.5 Å².